The molecule has 3 rings (SSSR count). The highest BCUT2D eigenvalue weighted by atomic mass is 32.1. The molecule has 1 aliphatic rings. The maximum Gasteiger partial charge on any atom is 0.171 e. The minimum Gasteiger partial charge on any atom is -0.356 e. The standard InChI is InChI=1S/C20H24FN3S/c1-15-9-10-17(13-18(15)21)23-20(25)22-14-19(24-11-5-6-12-24)16-7-3-2-4-8-16/h2-4,7-10,13,19H,5-6,11-12,14H2,1H3,(H2,22,23,25)/p+1/t19-/m1/s1. The average molecular weight is 359 g/mol. The largest absolute Gasteiger partial charge is 0.356 e. The first-order chi connectivity index (χ1) is 12.1. The van der Waals surface area contributed by atoms with Crippen molar-refractivity contribution in [3.8, 4) is 0 Å². The van der Waals surface area contributed by atoms with Crippen LogP contribution in [-0.4, -0.2) is 24.7 Å². The SMILES string of the molecule is Cc1ccc(NC(=S)NC[C@H](c2ccccc2)[NH+]2CCCC2)cc1F. The van der Waals surface area contributed by atoms with Crippen molar-refractivity contribution in [3.05, 3.63) is 65.5 Å². The average Bonchev–Trinajstić information content (AvgIpc) is 3.14. The van der Waals surface area contributed by atoms with E-state index in [9.17, 15) is 4.39 Å². The molecule has 1 saturated heterocycles. The van der Waals surface area contributed by atoms with Crippen LogP contribution in [0.25, 0.3) is 0 Å². The number of thiocarbonyl (C=S) groups is 1. The van der Waals surface area contributed by atoms with Crippen molar-refractivity contribution in [2.75, 3.05) is 25.0 Å². The fraction of sp³-hybridized carbons (Fsp3) is 0.350. The van der Waals surface area contributed by atoms with E-state index in [1.165, 1.54) is 37.6 Å². The number of nitrogens with one attached hydrogen (secondary N) is 3. The molecule has 2 aromatic carbocycles. The molecule has 0 unspecified atom stereocenters. The molecule has 3 N–H and O–H groups in total. The van der Waals surface area contributed by atoms with Gasteiger partial charge in [0, 0.05) is 24.1 Å². The predicted octanol–water partition coefficient (Wildman–Crippen LogP) is 2.84. The summed E-state index contributed by atoms with van der Waals surface area (Å²) >= 11 is 5.40. The Labute approximate surface area is 154 Å². The summed E-state index contributed by atoms with van der Waals surface area (Å²) in [6.45, 7) is 4.91. The monoisotopic (exact) mass is 358 g/mol. The smallest absolute Gasteiger partial charge is 0.171 e. The molecule has 0 aliphatic carbocycles. The third-order valence-electron chi connectivity index (χ3n) is 4.84. The van der Waals surface area contributed by atoms with Crippen LogP contribution in [0.5, 0.6) is 0 Å². The van der Waals surface area contributed by atoms with Gasteiger partial charge < -0.3 is 15.5 Å². The van der Waals surface area contributed by atoms with Gasteiger partial charge in [0.1, 0.15) is 11.9 Å². The highest BCUT2D eigenvalue weighted by molar-refractivity contribution is 7.80. The van der Waals surface area contributed by atoms with E-state index in [4.69, 9.17) is 12.2 Å². The van der Waals surface area contributed by atoms with Gasteiger partial charge in [-0.05, 0) is 36.8 Å². The Morgan fingerprint density at radius 2 is 1.88 bits per heavy atom. The van der Waals surface area contributed by atoms with Crippen molar-refractivity contribution in [1.82, 2.24) is 5.32 Å². The van der Waals surface area contributed by atoms with Crippen molar-refractivity contribution >= 4 is 23.0 Å². The highest BCUT2D eigenvalue weighted by Crippen LogP contribution is 2.14. The molecule has 0 bridgehead atoms. The Hall–Kier alpha value is -1.98. The van der Waals surface area contributed by atoms with Crippen molar-refractivity contribution in [3.63, 3.8) is 0 Å². The van der Waals surface area contributed by atoms with Gasteiger partial charge in [0.05, 0.1) is 19.6 Å². The first kappa shape index (κ1) is 17.8. The van der Waals surface area contributed by atoms with Crippen LogP contribution in [0, 0.1) is 12.7 Å². The molecule has 1 atom stereocenters. The third-order valence-corrected chi connectivity index (χ3v) is 5.08. The maximum atomic E-state index is 13.7. The number of aryl methyl sites for hydroxylation is 1. The summed E-state index contributed by atoms with van der Waals surface area (Å²) in [5, 5.41) is 6.93. The molecule has 2 aromatic rings. The summed E-state index contributed by atoms with van der Waals surface area (Å²) < 4.78 is 13.7. The van der Waals surface area contributed by atoms with Crippen molar-refractivity contribution in [2.24, 2.45) is 0 Å². The molecule has 0 radical (unpaired) electrons. The quantitative estimate of drug-likeness (QED) is 0.718. The highest BCUT2D eigenvalue weighted by Gasteiger charge is 2.27. The second-order valence-electron chi connectivity index (χ2n) is 6.63. The fourth-order valence-electron chi connectivity index (χ4n) is 3.40. The first-order valence-electron chi connectivity index (χ1n) is 8.84. The van der Waals surface area contributed by atoms with Crippen LogP contribution < -0.4 is 15.5 Å². The summed E-state index contributed by atoms with van der Waals surface area (Å²) in [6.07, 6.45) is 2.56. The van der Waals surface area contributed by atoms with Gasteiger partial charge in [-0.2, -0.15) is 0 Å². The Kier molecular flexibility index (Phi) is 6.00. The number of hydrogen-bond acceptors (Lipinski definition) is 1. The Morgan fingerprint density at radius 1 is 1.16 bits per heavy atom. The van der Waals surface area contributed by atoms with E-state index in [0.29, 0.717) is 22.4 Å². The molecule has 0 saturated carbocycles. The molecule has 132 valence electrons. The van der Waals surface area contributed by atoms with Crippen LogP contribution in [0.2, 0.25) is 0 Å². The minimum atomic E-state index is -0.225. The number of halogens is 1. The van der Waals surface area contributed by atoms with Crippen molar-refractivity contribution < 1.29 is 9.29 Å². The minimum absolute atomic E-state index is 0.225. The zero-order chi connectivity index (χ0) is 17.6. The van der Waals surface area contributed by atoms with Crippen LogP contribution in [0.4, 0.5) is 10.1 Å². The molecule has 1 heterocycles. The molecule has 0 amide bonds. The molecular weight excluding hydrogens is 333 g/mol. The van der Waals surface area contributed by atoms with Gasteiger partial charge >= 0.3 is 0 Å². The lowest BCUT2D eigenvalue weighted by molar-refractivity contribution is -0.918. The number of hydrogen-bond donors (Lipinski definition) is 3. The van der Waals surface area contributed by atoms with E-state index < -0.39 is 0 Å². The number of likely N-dealkylation sites (tertiary alicyclic amines) is 1. The van der Waals surface area contributed by atoms with Gasteiger partial charge in [-0.15, -0.1) is 0 Å². The topological polar surface area (TPSA) is 28.5 Å². The zero-order valence-electron chi connectivity index (χ0n) is 14.5. The van der Waals surface area contributed by atoms with Crippen LogP contribution in [0.15, 0.2) is 48.5 Å². The Balaban J connectivity index is 1.62. The van der Waals surface area contributed by atoms with E-state index in [1.54, 1.807) is 17.9 Å². The van der Waals surface area contributed by atoms with Crippen LogP contribution in [0.3, 0.4) is 0 Å². The predicted molar refractivity (Wildman–Crippen MR) is 104 cm³/mol. The second kappa shape index (κ2) is 8.41. The summed E-state index contributed by atoms with van der Waals surface area (Å²) in [5.41, 5.74) is 2.63. The van der Waals surface area contributed by atoms with Crippen LogP contribution >= 0.6 is 12.2 Å². The van der Waals surface area contributed by atoms with E-state index >= 15 is 0 Å². The van der Waals surface area contributed by atoms with Gasteiger partial charge in [-0.3, -0.25) is 0 Å². The third kappa shape index (κ3) is 4.77. The second-order valence-corrected chi connectivity index (χ2v) is 7.04. The summed E-state index contributed by atoms with van der Waals surface area (Å²) in [5.74, 6) is -0.225. The molecule has 1 aliphatic heterocycles. The molecular formula is C20H25FN3S+. The van der Waals surface area contributed by atoms with Crippen LogP contribution in [-0.2, 0) is 0 Å². The van der Waals surface area contributed by atoms with Gasteiger partial charge in [-0.25, -0.2) is 4.39 Å². The molecule has 5 heteroatoms. The summed E-state index contributed by atoms with van der Waals surface area (Å²) in [4.78, 5) is 1.60. The van der Waals surface area contributed by atoms with Gasteiger partial charge in [0.25, 0.3) is 0 Å². The lowest BCUT2D eigenvalue weighted by atomic mass is 10.1. The number of benzene rings is 2. The summed E-state index contributed by atoms with van der Waals surface area (Å²) in [6, 6.07) is 16.0. The van der Waals surface area contributed by atoms with Gasteiger partial charge in [-0.1, -0.05) is 36.4 Å². The summed E-state index contributed by atoms with van der Waals surface area (Å²) in [7, 11) is 0. The molecule has 3 nitrogen and oxygen atoms in total. The molecule has 0 spiro atoms. The fourth-order valence-corrected chi connectivity index (χ4v) is 3.60. The Morgan fingerprint density at radius 3 is 2.56 bits per heavy atom. The van der Waals surface area contributed by atoms with Gasteiger partial charge in [0.15, 0.2) is 5.11 Å². The zero-order valence-corrected chi connectivity index (χ0v) is 15.3. The number of anilines is 1. The Bertz CT molecular complexity index is 714. The van der Waals surface area contributed by atoms with Gasteiger partial charge in [0.2, 0.25) is 0 Å². The maximum absolute atomic E-state index is 13.7. The normalized spacial score (nSPS) is 15.8. The first-order valence-corrected chi connectivity index (χ1v) is 9.25. The van der Waals surface area contributed by atoms with E-state index in [-0.39, 0.29) is 5.82 Å². The molecule has 1 fully saturated rings. The lowest BCUT2D eigenvalue weighted by Crippen LogP contribution is -3.11. The number of rotatable bonds is 5. The van der Waals surface area contributed by atoms with Crippen molar-refractivity contribution in [2.45, 2.75) is 25.8 Å². The van der Waals surface area contributed by atoms with Crippen LogP contribution in [0.1, 0.15) is 30.0 Å². The van der Waals surface area contributed by atoms with Crippen molar-refractivity contribution in [1.29, 1.82) is 0 Å². The van der Waals surface area contributed by atoms with E-state index in [1.807, 2.05) is 12.1 Å². The lowest BCUT2D eigenvalue weighted by Gasteiger charge is -2.26. The van der Waals surface area contributed by atoms with E-state index in [0.717, 1.165) is 6.54 Å². The molecule has 0 aromatic heterocycles. The molecule has 25 heavy (non-hydrogen) atoms. The number of quaternary nitrogens is 1. The van der Waals surface area contributed by atoms with E-state index in [2.05, 4.69) is 34.9 Å².